The molecule has 0 spiro atoms. The summed E-state index contributed by atoms with van der Waals surface area (Å²) in [6.45, 7) is 4.21. The second-order valence-corrected chi connectivity index (χ2v) is 9.31. The minimum atomic E-state index is -0.693. The van der Waals surface area contributed by atoms with Crippen molar-refractivity contribution in [2.24, 2.45) is 0 Å². The number of carbonyl (C=O) groups excluding carboxylic acids is 2. The number of Topliss-reactive ketones (excluding diaryl/α,β-unsaturated/α-hetero) is 2. The average Bonchev–Trinajstić information content (AvgIpc) is 3.19. The van der Waals surface area contributed by atoms with Crippen LogP contribution in [0.3, 0.4) is 0 Å². The first-order chi connectivity index (χ1) is 14.4. The van der Waals surface area contributed by atoms with Gasteiger partial charge in [-0.15, -0.1) is 11.3 Å². The van der Waals surface area contributed by atoms with Crippen LogP contribution in [0.2, 0.25) is 0 Å². The highest BCUT2D eigenvalue weighted by Gasteiger charge is 2.37. The van der Waals surface area contributed by atoms with Crippen LogP contribution >= 0.6 is 11.3 Å². The average molecular weight is 418 g/mol. The third-order valence-electron chi connectivity index (χ3n) is 5.83. The number of rotatable bonds is 5. The van der Waals surface area contributed by atoms with E-state index in [0.29, 0.717) is 42.2 Å². The van der Waals surface area contributed by atoms with E-state index >= 15 is 0 Å². The van der Waals surface area contributed by atoms with Gasteiger partial charge in [0, 0.05) is 36.5 Å². The number of carbonyl (C=O) groups is 2. The molecule has 3 aromatic rings. The van der Waals surface area contributed by atoms with Gasteiger partial charge in [0.15, 0.2) is 5.78 Å². The van der Waals surface area contributed by atoms with Gasteiger partial charge < -0.3 is 0 Å². The summed E-state index contributed by atoms with van der Waals surface area (Å²) in [5, 5.41) is 10.7. The summed E-state index contributed by atoms with van der Waals surface area (Å²) in [7, 11) is 0. The molecule has 0 aromatic carbocycles. The predicted molar refractivity (Wildman–Crippen MR) is 117 cm³/mol. The molecule has 0 atom stereocenters. The first-order valence-electron chi connectivity index (χ1n) is 10.2. The van der Waals surface area contributed by atoms with Crippen molar-refractivity contribution in [2.45, 2.75) is 57.3 Å². The molecule has 152 valence electrons. The maximum atomic E-state index is 12.8. The van der Waals surface area contributed by atoms with E-state index in [-0.39, 0.29) is 18.0 Å². The highest BCUT2D eigenvalue weighted by Crippen LogP contribution is 2.36. The van der Waals surface area contributed by atoms with Crippen molar-refractivity contribution < 1.29 is 9.59 Å². The predicted octanol–water partition coefficient (Wildman–Crippen LogP) is 5.14. The summed E-state index contributed by atoms with van der Waals surface area (Å²) < 4.78 is 0. The lowest BCUT2D eigenvalue weighted by atomic mass is 9.72. The van der Waals surface area contributed by atoms with Crippen molar-refractivity contribution in [1.82, 2.24) is 9.97 Å². The van der Waals surface area contributed by atoms with Crippen LogP contribution in [-0.4, -0.2) is 21.5 Å². The summed E-state index contributed by atoms with van der Waals surface area (Å²) >= 11 is 1.43. The zero-order valence-corrected chi connectivity index (χ0v) is 18.0. The molecule has 1 aliphatic rings. The highest BCUT2D eigenvalue weighted by atomic mass is 32.1. The fourth-order valence-electron chi connectivity index (χ4n) is 3.86. The van der Waals surface area contributed by atoms with Gasteiger partial charge in [0.2, 0.25) is 0 Å². The molecular weight excluding hydrogens is 394 g/mol. The lowest BCUT2D eigenvalue weighted by molar-refractivity contribution is -0.121. The number of hydrogen-bond donors (Lipinski definition) is 0. The molecule has 0 saturated heterocycles. The van der Waals surface area contributed by atoms with Crippen LogP contribution < -0.4 is 0 Å². The third-order valence-corrected chi connectivity index (χ3v) is 6.91. The Morgan fingerprint density at radius 1 is 1.23 bits per heavy atom. The Bertz CT molecular complexity index is 1150. The Morgan fingerprint density at radius 3 is 2.63 bits per heavy atom. The van der Waals surface area contributed by atoms with Crippen molar-refractivity contribution in [3.63, 3.8) is 0 Å². The summed E-state index contributed by atoms with van der Waals surface area (Å²) in [5.74, 6) is 0.595. The van der Waals surface area contributed by atoms with Crippen LogP contribution in [0, 0.1) is 11.3 Å². The van der Waals surface area contributed by atoms with E-state index in [4.69, 9.17) is 0 Å². The molecule has 0 aliphatic heterocycles. The Hall–Kier alpha value is -2.91. The molecule has 30 heavy (non-hydrogen) atoms. The van der Waals surface area contributed by atoms with Crippen molar-refractivity contribution in [2.75, 3.05) is 0 Å². The first-order valence-corrected chi connectivity index (χ1v) is 11.0. The topological polar surface area (TPSA) is 83.7 Å². The van der Waals surface area contributed by atoms with Gasteiger partial charge in [-0.05, 0) is 42.5 Å². The Kier molecular flexibility index (Phi) is 5.48. The van der Waals surface area contributed by atoms with Gasteiger partial charge in [-0.25, -0.2) is 4.98 Å². The largest absolute Gasteiger partial charge is 0.300 e. The fourth-order valence-corrected chi connectivity index (χ4v) is 4.83. The molecule has 0 bridgehead atoms. The standard InChI is InChI=1S/C24H23N3O2S/c1-15(2)19-5-4-17-12-21(30-23(17)27-19)20(29)11-16-3-6-22(26-13-16)24(14-25)9-7-18(28)8-10-24/h3-6,12-13,15H,7-11H2,1-2H3. The van der Waals surface area contributed by atoms with Gasteiger partial charge >= 0.3 is 0 Å². The smallest absolute Gasteiger partial charge is 0.177 e. The highest BCUT2D eigenvalue weighted by molar-refractivity contribution is 7.20. The van der Waals surface area contributed by atoms with Crippen LogP contribution in [-0.2, 0) is 16.6 Å². The van der Waals surface area contributed by atoms with E-state index in [9.17, 15) is 14.9 Å². The summed E-state index contributed by atoms with van der Waals surface area (Å²) in [6, 6.07) is 12.0. The molecule has 6 heteroatoms. The number of hydrogen-bond acceptors (Lipinski definition) is 6. The zero-order chi connectivity index (χ0) is 21.3. The monoisotopic (exact) mass is 417 g/mol. The molecule has 0 amide bonds. The summed E-state index contributed by atoms with van der Waals surface area (Å²) in [4.78, 5) is 35.1. The number of thiophene rings is 1. The lowest BCUT2D eigenvalue weighted by Gasteiger charge is -2.29. The minimum Gasteiger partial charge on any atom is -0.300 e. The van der Waals surface area contributed by atoms with Crippen molar-refractivity contribution in [3.05, 3.63) is 58.4 Å². The number of pyridine rings is 2. The minimum absolute atomic E-state index is 0.0388. The van der Waals surface area contributed by atoms with Crippen LogP contribution in [0.5, 0.6) is 0 Å². The molecule has 4 rings (SSSR count). The summed E-state index contributed by atoms with van der Waals surface area (Å²) in [6.07, 6.45) is 3.82. The normalized spacial score (nSPS) is 16.0. The number of aromatic nitrogens is 2. The van der Waals surface area contributed by atoms with Crippen molar-refractivity contribution >= 4 is 33.1 Å². The fraction of sp³-hybridized carbons (Fsp3) is 0.375. The van der Waals surface area contributed by atoms with Gasteiger partial charge in [-0.2, -0.15) is 5.26 Å². The second-order valence-electron chi connectivity index (χ2n) is 8.28. The maximum absolute atomic E-state index is 12.8. The van der Waals surface area contributed by atoms with Crippen molar-refractivity contribution in [3.8, 4) is 6.07 Å². The first kappa shape index (κ1) is 20.4. The molecule has 1 aliphatic carbocycles. The maximum Gasteiger partial charge on any atom is 0.177 e. The van der Waals surface area contributed by atoms with Crippen molar-refractivity contribution in [1.29, 1.82) is 5.26 Å². The summed E-state index contributed by atoms with van der Waals surface area (Å²) in [5.41, 5.74) is 1.85. The number of ketones is 2. The van der Waals surface area contributed by atoms with Gasteiger partial charge in [0.25, 0.3) is 0 Å². The van der Waals surface area contributed by atoms with Crippen LogP contribution in [0.1, 0.15) is 72.1 Å². The molecule has 3 aromatic heterocycles. The molecule has 0 unspecified atom stereocenters. The van der Waals surface area contributed by atoms with E-state index in [1.165, 1.54) is 11.3 Å². The Morgan fingerprint density at radius 2 is 2.00 bits per heavy atom. The number of nitrogens with zero attached hydrogens (tertiary/aromatic N) is 3. The Balaban J connectivity index is 1.50. The zero-order valence-electron chi connectivity index (χ0n) is 17.1. The molecule has 3 heterocycles. The molecule has 1 saturated carbocycles. The molecule has 0 radical (unpaired) electrons. The van der Waals surface area contributed by atoms with Crippen LogP contribution in [0.4, 0.5) is 0 Å². The third kappa shape index (κ3) is 3.90. The SMILES string of the molecule is CC(C)c1ccc2cc(C(=O)Cc3ccc(C4(C#N)CCC(=O)CC4)nc3)sc2n1. The van der Waals surface area contributed by atoms with Crippen LogP contribution in [0.15, 0.2) is 36.5 Å². The van der Waals surface area contributed by atoms with Gasteiger partial charge in [0.1, 0.15) is 16.0 Å². The van der Waals surface area contributed by atoms with E-state index in [0.717, 1.165) is 21.5 Å². The van der Waals surface area contributed by atoms with E-state index in [2.05, 4.69) is 29.9 Å². The quantitative estimate of drug-likeness (QED) is 0.536. The van der Waals surface area contributed by atoms with Gasteiger partial charge in [0.05, 0.1) is 16.6 Å². The molecule has 5 nitrogen and oxygen atoms in total. The molecular formula is C24H23N3O2S. The van der Waals surface area contributed by atoms with Gasteiger partial charge in [-0.3, -0.25) is 14.6 Å². The molecule has 1 fully saturated rings. The van der Waals surface area contributed by atoms with Gasteiger partial charge in [-0.1, -0.05) is 26.0 Å². The second kappa shape index (κ2) is 8.08. The number of fused-ring (bicyclic) bond motifs is 1. The van der Waals surface area contributed by atoms with E-state index in [1.807, 2.05) is 30.3 Å². The van der Waals surface area contributed by atoms with E-state index in [1.54, 1.807) is 6.20 Å². The molecule has 0 N–H and O–H groups in total. The lowest BCUT2D eigenvalue weighted by Crippen LogP contribution is -2.31. The Labute approximate surface area is 179 Å². The van der Waals surface area contributed by atoms with Crippen LogP contribution in [0.25, 0.3) is 10.2 Å². The van der Waals surface area contributed by atoms with E-state index < -0.39 is 5.41 Å². The number of nitriles is 1.